The van der Waals surface area contributed by atoms with Crippen LogP contribution in [0.25, 0.3) is 0 Å². The summed E-state index contributed by atoms with van der Waals surface area (Å²) in [6.07, 6.45) is 4.85. The molecule has 1 aromatic heterocycles. The van der Waals surface area contributed by atoms with Crippen LogP contribution in [-0.4, -0.2) is 32.6 Å². The number of nitrogens with zero attached hydrogens (tertiary/aromatic N) is 3. The molecule has 1 aromatic carbocycles. The molecule has 124 valence electrons. The van der Waals surface area contributed by atoms with Gasteiger partial charge >= 0.3 is 0 Å². The molecule has 0 saturated carbocycles. The number of aliphatic hydroxyl groups is 1. The fourth-order valence-electron chi connectivity index (χ4n) is 3.20. The average molecular weight is 338 g/mol. The summed E-state index contributed by atoms with van der Waals surface area (Å²) in [5, 5.41) is 10.6. The monoisotopic (exact) mass is 337 g/mol. The summed E-state index contributed by atoms with van der Waals surface area (Å²) in [4.78, 5) is 6.52. The molecule has 0 spiro atoms. The minimum Gasteiger partial charge on any atom is -0.385 e. The van der Waals surface area contributed by atoms with Gasteiger partial charge < -0.3 is 9.67 Å². The smallest absolute Gasteiger partial charge is 0.142 e. The van der Waals surface area contributed by atoms with E-state index < -0.39 is 6.10 Å². The Balaban J connectivity index is 1.56. The predicted molar refractivity (Wildman–Crippen MR) is 87.6 cm³/mol. The number of hydrogen-bond donors (Lipinski definition) is 1. The lowest BCUT2D eigenvalue weighted by Gasteiger charge is -2.34. The fourth-order valence-corrected chi connectivity index (χ4v) is 3.31. The van der Waals surface area contributed by atoms with Gasteiger partial charge in [0.05, 0.1) is 5.02 Å². The second-order valence-electron chi connectivity index (χ2n) is 6.20. The summed E-state index contributed by atoms with van der Waals surface area (Å²) in [6.45, 7) is 2.48. The molecular weight excluding hydrogens is 317 g/mol. The van der Waals surface area contributed by atoms with E-state index in [1.807, 2.05) is 23.9 Å². The van der Waals surface area contributed by atoms with Crippen LogP contribution in [0.15, 0.2) is 30.6 Å². The number of benzene rings is 1. The van der Waals surface area contributed by atoms with Gasteiger partial charge in [-0.05, 0) is 49.5 Å². The number of halogens is 2. The Morgan fingerprint density at radius 2 is 2.13 bits per heavy atom. The van der Waals surface area contributed by atoms with E-state index in [-0.39, 0.29) is 16.8 Å². The molecule has 0 aliphatic carbocycles. The molecule has 6 heteroatoms. The third-order valence-electron chi connectivity index (χ3n) is 4.59. The van der Waals surface area contributed by atoms with E-state index in [0.29, 0.717) is 6.54 Å². The Labute approximate surface area is 140 Å². The van der Waals surface area contributed by atoms with Crippen molar-refractivity contribution in [1.29, 1.82) is 0 Å². The Morgan fingerprint density at radius 1 is 1.39 bits per heavy atom. The van der Waals surface area contributed by atoms with Crippen molar-refractivity contribution in [2.45, 2.75) is 25.5 Å². The Hall–Kier alpha value is -1.43. The molecule has 0 bridgehead atoms. The van der Waals surface area contributed by atoms with E-state index >= 15 is 0 Å². The van der Waals surface area contributed by atoms with Crippen molar-refractivity contribution in [3.63, 3.8) is 0 Å². The van der Waals surface area contributed by atoms with E-state index in [1.54, 1.807) is 12.3 Å². The Bertz CT molecular complexity index is 668. The highest BCUT2D eigenvalue weighted by Gasteiger charge is 2.28. The molecule has 1 N–H and O–H groups in total. The first-order valence-corrected chi connectivity index (χ1v) is 8.24. The number of likely N-dealkylation sites (tertiary alicyclic amines) is 1. The highest BCUT2D eigenvalue weighted by atomic mass is 35.5. The van der Waals surface area contributed by atoms with E-state index in [2.05, 4.69) is 9.88 Å². The topological polar surface area (TPSA) is 41.3 Å². The quantitative estimate of drug-likeness (QED) is 0.931. The lowest BCUT2D eigenvalue weighted by atomic mass is 9.90. The van der Waals surface area contributed by atoms with Crippen LogP contribution in [0.5, 0.6) is 0 Å². The summed E-state index contributed by atoms with van der Waals surface area (Å²) < 4.78 is 15.4. The largest absolute Gasteiger partial charge is 0.385 e. The third-order valence-corrected chi connectivity index (χ3v) is 4.90. The van der Waals surface area contributed by atoms with Gasteiger partial charge in [0, 0.05) is 26.0 Å². The molecule has 0 radical (unpaired) electrons. The SMILES string of the molecule is Cn1ccnc1[C@@H](O)C1CCN(Cc2ccc(Cl)c(F)c2)CC1. The van der Waals surface area contributed by atoms with E-state index in [4.69, 9.17) is 11.6 Å². The first-order chi connectivity index (χ1) is 11.0. The van der Waals surface area contributed by atoms with Gasteiger partial charge in [0.2, 0.25) is 0 Å². The van der Waals surface area contributed by atoms with Crippen molar-refractivity contribution in [3.8, 4) is 0 Å². The molecule has 1 atom stereocenters. The first-order valence-electron chi connectivity index (χ1n) is 7.86. The van der Waals surface area contributed by atoms with Crippen LogP contribution in [0.4, 0.5) is 4.39 Å². The van der Waals surface area contributed by atoms with Gasteiger partial charge in [-0.2, -0.15) is 0 Å². The lowest BCUT2D eigenvalue weighted by molar-refractivity contribution is 0.0492. The number of piperidine rings is 1. The zero-order valence-electron chi connectivity index (χ0n) is 13.1. The standard InChI is InChI=1S/C17H21ClFN3O/c1-21-9-6-20-17(21)16(23)13-4-7-22(8-5-13)11-12-2-3-14(18)15(19)10-12/h2-3,6,9-10,13,16,23H,4-5,7-8,11H2,1H3/t16-/m0/s1. The highest BCUT2D eigenvalue weighted by molar-refractivity contribution is 6.30. The number of imidazole rings is 1. The van der Waals surface area contributed by atoms with Crippen LogP contribution in [-0.2, 0) is 13.6 Å². The lowest BCUT2D eigenvalue weighted by Crippen LogP contribution is -2.35. The van der Waals surface area contributed by atoms with Gasteiger partial charge in [0.25, 0.3) is 0 Å². The molecule has 1 saturated heterocycles. The number of aliphatic hydroxyl groups excluding tert-OH is 1. The van der Waals surface area contributed by atoms with Crippen molar-refractivity contribution in [2.75, 3.05) is 13.1 Å². The first kappa shape index (κ1) is 16.4. The van der Waals surface area contributed by atoms with Gasteiger partial charge in [-0.1, -0.05) is 17.7 Å². The molecule has 4 nitrogen and oxygen atoms in total. The van der Waals surface area contributed by atoms with Crippen molar-refractivity contribution in [1.82, 2.24) is 14.5 Å². The van der Waals surface area contributed by atoms with E-state index in [1.165, 1.54) is 6.07 Å². The zero-order valence-corrected chi connectivity index (χ0v) is 13.9. The number of aromatic nitrogens is 2. The van der Waals surface area contributed by atoms with Crippen LogP contribution in [0.3, 0.4) is 0 Å². The molecule has 3 rings (SSSR count). The summed E-state index contributed by atoms with van der Waals surface area (Å²) >= 11 is 5.71. The summed E-state index contributed by atoms with van der Waals surface area (Å²) in [6, 6.07) is 4.96. The molecule has 1 aliphatic heterocycles. The summed E-state index contributed by atoms with van der Waals surface area (Å²) in [5.41, 5.74) is 0.926. The molecule has 23 heavy (non-hydrogen) atoms. The van der Waals surface area contributed by atoms with Gasteiger partial charge in [0.15, 0.2) is 0 Å². The van der Waals surface area contributed by atoms with Crippen molar-refractivity contribution >= 4 is 11.6 Å². The van der Waals surface area contributed by atoms with E-state index in [9.17, 15) is 9.50 Å². The maximum Gasteiger partial charge on any atom is 0.142 e. The van der Waals surface area contributed by atoms with Crippen LogP contribution >= 0.6 is 11.6 Å². The zero-order chi connectivity index (χ0) is 16.4. The van der Waals surface area contributed by atoms with Crippen molar-refractivity contribution < 1.29 is 9.50 Å². The van der Waals surface area contributed by atoms with Crippen molar-refractivity contribution in [2.24, 2.45) is 13.0 Å². The molecule has 0 unspecified atom stereocenters. The van der Waals surface area contributed by atoms with Crippen molar-refractivity contribution in [3.05, 3.63) is 52.8 Å². The molecular formula is C17H21ClFN3O. The molecule has 2 heterocycles. The third kappa shape index (κ3) is 3.74. The van der Waals surface area contributed by atoms with Gasteiger partial charge in [-0.25, -0.2) is 9.37 Å². The minimum absolute atomic E-state index is 0.158. The molecule has 2 aromatic rings. The normalized spacial score (nSPS) is 18.3. The maximum atomic E-state index is 13.5. The number of hydrogen-bond acceptors (Lipinski definition) is 3. The summed E-state index contributed by atoms with van der Waals surface area (Å²) in [7, 11) is 1.90. The molecule has 0 amide bonds. The second-order valence-corrected chi connectivity index (χ2v) is 6.61. The minimum atomic E-state index is -0.523. The Kier molecular flexibility index (Phi) is 4.99. The van der Waals surface area contributed by atoms with Crippen LogP contribution in [0.1, 0.15) is 30.3 Å². The predicted octanol–water partition coefficient (Wildman–Crippen LogP) is 3.16. The second kappa shape index (κ2) is 6.99. The molecule has 1 aliphatic rings. The Morgan fingerprint density at radius 3 is 2.74 bits per heavy atom. The van der Waals surface area contributed by atoms with Crippen LogP contribution < -0.4 is 0 Å². The number of rotatable bonds is 4. The molecule has 1 fully saturated rings. The highest BCUT2D eigenvalue weighted by Crippen LogP contribution is 2.30. The van der Waals surface area contributed by atoms with E-state index in [0.717, 1.165) is 37.3 Å². The average Bonchev–Trinajstić information content (AvgIpc) is 2.97. The van der Waals surface area contributed by atoms with Gasteiger partial charge in [-0.15, -0.1) is 0 Å². The van der Waals surface area contributed by atoms with Gasteiger partial charge in [-0.3, -0.25) is 4.90 Å². The summed E-state index contributed by atoms with van der Waals surface area (Å²) in [5.74, 6) is 0.571. The van der Waals surface area contributed by atoms with Crippen LogP contribution in [0.2, 0.25) is 5.02 Å². The van der Waals surface area contributed by atoms with Crippen LogP contribution in [0, 0.1) is 11.7 Å². The van der Waals surface area contributed by atoms with Gasteiger partial charge in [0.1, 0.15) is 17.7 Å². The number of aryl methyl sites for hydroxylation is 1. The fraction of sp³-hybridized carbons (Fsp3) is 0.471. The maximum absolute atomic E-state index is 13.5.